The van der Waals surface area contributed by atoms with Gasteiger partial charge in [0.05, 0.1) is 11.2 Å². The van der Waals surface area contributed by atoms with Crippen LogP contribution in [-0.4, -0.2) is 40.7 Å². The maximum atomic E-state index is 12.5. The first-order chi connectivity index (χ1) is 11.6. The second kappa shape index (κ2) is 6.65. The van der Waals surface area contributed by atoms with Crippen LogP contribution >= 0.6 is 0 Å². The lowest BCUT2D eigenvalue weighted by molar-refractivity contribution is 0.0542. The Bertz CT molecular complexity index is 785. The SMILES string of the molecule is CCC1(CO)CCN(C(=O)Nc2cccc3[nH]c(=O)ccc23)CC1. The number of piperidine rings is 1. The molecule has 2 heterocycles. The van der Waals surface area contributed by atoms with Crippen molar-refractivity contribution in [3.63, 3.8) is 0 Å². The fourth-order valence-corrected chi connectivity index (χ4v) is 3.30. The van der Waals surface area contributed by atoms with E-state index in [2.05, 4.69) is 17.2 Å². The first-order valence-electron chi connectivity index (χ1n) is 8.36. The molecule has 1 aromatic heterocycles. The van der Waals surface area contributed by atoms with Crippen molar-refractivity contribution in [2.45, 2.75) is 26.2 Å². The molecule has 24 heavy (non-hydrogen) atoms. The van der Waals surface area contributed by atoms with Gasteiger partial charge in [0, 0.05) is 31.1 Å². The first kappa shape index (κ1) is 16.5. The highest BCUT2D eigenvalue weighted by Gasteiger charge is 2.33. The zero-order valence-corrected chi connectivity index (χ0v) is 13.8. The number of carbonyl (C=O) groups excluding carboxylic acids is 1. The average molecular weight is 329 g/mol. The van der Waals surface area contributed by atoms with Gasteiger partial charge in [0.15, 0.2) is 0 Å². The number of aromatic amines is 1. The molecule has 0 atom stereocenters. The number of nitrogens with zero attached hydrogens (tertiary/aromatic N) is 1. The Balaban J connectivity index is 1.73. The van der Waals surface area contributed by atoms with E-state index in [0.29, 0.717) is 24.3 Å². The van der Waals surface area contributed by atoms with Gasteiger partial charge in [-0.2, -0.15) is 0 Å². The number of H-pyrrole nitrogens is 1. The van der Waals surface area contributed by atoms with Gasteiger partial charge in [-0.15, -0.1) is 0 Å². The van der Waals surface area contributed by atoms with Crippen molar-refractivity contribution in [2.75, 3.05) is 25.0 Å². The number of hydrogen-bond acceptors (Lipinski definition) is 3. The van der Waals surface area contributed by atoms with Crippen LogP contribution in [0.3, 0.4) is 0 Å². The monoisotopic (exact) mass is 329 g/mol. The molecule has 6 heteroatoms. The predicted molar refractivity (Wildman–Crippen MR) is 94.2 cm³/mol. The van der Waals surface area contributed by atoms with Crippen molar-refractivity contribution in [1.29, 1.82) is 0 Å². The number of pyridine rings is 1. The summed E-state index contributed by atoms with van der Waals surface area (Å²) in [6.45, 7) is 3.54. The van der Waals surface area contributed by atoms with Gasteiger partial charge < -0.3 is 20.3 Å². The number of aliphatic hydroxyl groups excluding tert-OH is 1. The van der Waals surface area contributed by atoms with E-state index >= 15 is 0 Å². The lowest BCUT2D eigenvalue weighted by atomic mass is 9.77. The summed E-state index contributed by atoms with van der Waals surface area (Å²) in [6, 6.07) is 8.47. The lowest BCUT2D eigenvalue weighted by Gasteiger charge is -2.40. The van der Waals surface area contributed by atoms with Gasteiger partial charge in [0.2, 0.25) is 5.56 Å². The highest BCUT2D eigenvalue weighted by atomic mass is 16.3. The normalized spacial score (nSPS) is 17.0. The van der Waals surface area contributed by atoms with Gasteiger partial charge in [0.1, 0.15) is 0 Å². The first-order valence-corrected chi connectivity index (χ1v) is 8.36. The van der Waals surface area contributed by atoms with Crippen LogP contribution in [0.2, 0.25) is 0 Å². The fourth-order valence-electron chi connectivity index (χ4n) is 3.30. The number of urea groups is 1. The molecule has 0 aliphatic carbocycles. The van der Waals surface area contributed by atoms with Gasteiger partial charge >= 0.3 is 6.03 Å². The van der Waals surface area contributed by atoms with E-state index in [0.717, 1.165) is 24.6 Å². The van der Waals surface area contributed by atoms with Gasteiger partial charge in [-0.25, -0.2) is 4.79 Å². The van der Waals surface area contributed by atoms with Crippen LogP contribution in [0.5, 0.6) is 0 Å². The number of anilines is 1. The molecule has 0 unspecified atom stereocenters. The molecule has 2 aromatic rings. The van der Waals surface area contributed by atoms with Gasteiger partial charge in [-0.05, 0) is 42.9 Å². The third kappa shape index (κ3) is 3.14. The summed E-state index contributed by atoms with van der Waals surface area (Å²) in [4.78, 5) is 28.5. The van der Waals surface area contributed by atoms with Crippen LogP contribution in [-0.2, 0) is 0 Å². The molecule has 1 aliphatic rings. The number of aromatic nitrogens is 1. The van der Waals surface area contributed by atoms with Crippen LogP contribution in [0.1, 0.15) is 26.2 Å². The summed E-state index contributed by atoms with van der Waals surface area (Å²) >= 11 is 0. The Morgan fingerprint density at radius 1 is 1.29 bits per heavy atom. The second-order valence-electron chi connectivity index (χ2n) is 6.52. The molecule has 1 aliphatic heterocycles. The molecule has 0 spiro atoms. The molecule has 0 bridgehead atoms. The molecule has 2 amide bonds. The summed E-state index contributed by atoms with van der Waals surface area (Å²) in [5, 5.41) is 13.3. The summed E-state index contributed by atoms with van der Waals surface area (Å²) < 4.78 is 0. The van der Waals surface area contributed by atoms with Crippen LogP contribution in [0.15, 0.2) is 35.1 Å². The van der Waals surface area contributed by atoms with Gasteiger partial charge in [0.25, 0.3) is 0 Å². The van der Waals surface area contributed by atoms with Crippen molar-refractivity contribution >= 4 is 22.6 Å². The summed E-state index contributed by atoms with van der Waals surface area (Å²) in [5.74, 6) is 0. The topological polar surface area (TPSA) is 85.4 Å². The molecule has 128 valence electrons. The zero-order chi connectivity index (χ0) is 17.2. The molecule has 3 N–H and O–H groups in total. The molecule has 3 rings (SSSR count). The lowest BCUT2D eigenvalue weighted by Crippen LogP contribution is -2.46. The van der Waals surface area contributed by atoms with Crippen LogP contribution < -0.4 is 10.9 Å². The number of amides is 2. The number of aliphatic hydroxyl groups is 1. The predicted octanol–water partition coefficient (Wildman–Crippen LogP) is 2.54. The Morgan fingerprint density at radius 2 is 2.04 bits per heavy atom. The molecular weight excluding hydrogens is 306 g/mol. The Morgan fingerprint density at radius 3 is 2.71 bits per heavy atom. The highest BCUT2D eigenvalue weighted by Crippen LogP contribution is 2.34. The number of carbonyl (C=O) groups is 1. The quantitative estimate of drug-likeness (QED) is 0.809. The van der Waals surface area contributed by atoms with Crippen LogP contribution in [0.25, 0.3) is 10.9 Å². The summed E-state index contributed by atoms with van der Waals surface area (Å²) in [7, 11) is 0. The van der Waals surface area contributed by atoms with Gasteiger partial charge in [-0.1, -0.05) is 13.0 Å². The van der Waals surface area contributed by atoms with Crippen molar-refractivity contribution in [1.82, 2.24) is 9.88 Å². The number of benzene rings is 1. The van der Waals surface area contributed by atoms with Crippen molar-refractivity contribution in [3.8, 4) is 0 Å². The van der Waals surface area contributed by atoms with E-state index in [1.165, 1.54) is 6.07 Å². The van der Waals surface area contributed by atoms with E-state index < -0.39 is 0 Å². The van der Waals surface area contributed by atoms with E-state index in [4.69, 9.17) is 0 Å². The smallest absolute Gasteiger partial charge is 0.321 e. The highest BCUT2D eigenvalue weighted by molar-refractivity contribution is 6.00. The standard InChI is InChI=1S/C18H23N3O3/c1-2-18(12-22)8-10-21(11-9-18)17(24)20-15-5-3-4-14-13(15)6-7-16(23)19-14/h3-7,22H,2,8-12H2,1H3,(H,19,23)(H,20,24). The van der Waals surface area contributed by atoms with E-state index in [1.54, 1.807) is 17.0 Å². The number of fused-ring (bicyclic) bond motifs is 1. The van der Waals surface area contributed by atoms with Crippen molar-refractivity contribution in [3.05, 3.63) is 40.7 Å². The molecular formula is C18H23N3O3. The fraction of sp³-hybridized carbons (Fsp3) is 0.444. The third-order valence-electron chi connectivity index (χ3n) is 5.20. The number of hydrogen-bond donors (Lipinski definition) is 3. The largest absolute Gasteiger partial charge is 0.396 e. The van der Waals surface area contributed by atoms with Gasteiger partial charge in [-0.3, -0.25) is 4.79 Å². The van der Waals surface area contributed by atoms with E-state index in [1.807, 2.05) is 12.1 Å². The maximum absolute atomic E-state index is 12.5. The molecule has 0 saturated carbocycles. The van der Waals surface area contributed by atoms with Crippen molar-refractivity contribution < 1.29 is 9.90 Å². The van der Waals surface area contributed by atoms with E-state index in [9.17, 15) is 14.7 Å². The second-order valence-corrected chi connectivity index (χ2v) is 6.52. The maximum Gasteiger partial charge on any atom is 0.321 e. The van der Waals surface area contributed by atoms with Crippen LogP contribution in [0, 0.1) is 5.41 Å². The Hall–Kier alpha value is -2.34. The summed E-state index contributed by atoms with van der Waals surface area (Å²) in [6.07, 6.45) is 2.56. The number of nitrogens with one attached hydrogen (secondary N) is 2. The zero-order valence-electron chi connectivity index (χ0n) is 13.8. The van der Waals surface area contributed by atoms with E-state index in [-0.39, 0.29) is 23.6 Å². The Labute approximate surface area is 140 Å². The molecule has 1 aromatic carbocycles. The molecule has 1 fully saturated rings. The summed E-state index contributed by atoms with van der Waals surface area (Å²) in [5.41, 5.74) is 1.17. The van der Waals surface area contributed by atoms with Crippen LogP contribution in [0.4, 0.5) is 10.5 Å². The number of rotatable bonds is 3. The van der Waals surface area contributed by atoms with Crippen molar-refractivity contribution in [2.24, 2.45) is 5.41 Å². The molecule has 6 nitrogen and oxygen atoms in total. The molecule has 1 saturated heterocycles. The molecule has 0 radical (unpaired) electrons. The third-order valence-corrected chi connectivity index (χ3v) is 5.20. The minimum atomic E-state index is -0.165. The minimum Gasteiger partial charge on any atom is -0.396 e. The minimum absolute atomic E-state index is 0.0459. The average Bonchev–Trinajstić information content (AvgIpc) is 2.61. The number of likely N-dealkylation sites (tertiary alicyclic amines) is 1. The Kier molecular flexibility index (Phi) is 4.57.